The highest BCUT2D eigenvalue weighted by atomic mass is 16.5. The molecule has 2 unspecified atom stereocenters. The molecule has 0 bridgehead atoms. The predicted molar refractivity (Wildman–Crippen MR) is 352 cm³/mol. The summed E-state index contributed by atoms with van der Waals surface area (Å²) in [4.78, 5) is 24.6. The summed E-state index contributed by atoms with van der Waals surface area (Å²) < 4.78 is 5.49. The third-order valence-corrected chi connectivity index (χ3v) is 17.6. The molecule has 0 spiro atoms. The lowest BCUT2D eigenvalue weighted by Crippen LogP contribution is -2.45. The number of ether oxygens (including phenoxy) is 1. The van der Waals surface area contributed by atoms with Crippen LogP contribution in [0.5, 0.6) is 0 Å². The molecule has 1 amide bonds. The van der Waals surface area contributed by atoms with E-state index in [2.05, 4.69) is 19.2 Å². The highest BCUT2D eigenvalue weighted by Crippen LogP contribution is 2.20. The number of rotatable bonds is 70. The van der Waals surface area contributed by atoms with Gasteiger partial charge in [-0.25, -0.2) is 0 Å². The van der Waals surface area contributed by atoms with Gasteiger partial charge in [-0.05, 0) is 32.1 Å². The summed E-state index contributed by atoms with van der Waals surface area (Å²) in [6.45, 7) is 4.95. The Morgan fingerprint density at radius 1 is 0.338 bits per heavy atom. The van der Waals surface area contributed by atoms with Crippen molar-refractivity contribution in [1.29, 1.82) is 0 Å². The second-order valence-corrected chi connectivity index (χ2v) is 25.6. The molecule has 0 aromatic rings. The zero-order valence-electron chi connectivity index (χ0n) is 54.6. The number of esters is 1. The number of carbonyl (C=O) groups is 2. The molecule has 80 heavy (non-hydrogen) atoms. The van der Waals surface area contributed by atoms with Crippen molar-refractivity contribution >= 4 is 11.9 Å². The van der Waals surface area contributed by atoms with Crippen molar-refractivity contribution in [3.05, 3.63) is 12.2 Å². The molecule has 0 heterocycles. The molecule has 6 nitrogen and oxygen atoms in total. The maximum Gasteiger partial charge on any atom is 0.305 e. The average molecular weight is 1130 g/mol. The van der Waals surface area contributed by atoms with Crippen molar-refractivity contribution in [1.82, 2.24) is 5.32 Å². The third kappa shape index (κ3) is 65.7. The summed E-state index contributed by atoms with van der Waals surface area (Å²) >= 11 is 0. The van der Waals surface area contributed by atoms with Gasteiger partial charge >= 0.3 is 5.97 Å². The van der Waals surface area contributed by atoms with Crippen LogP contribution in [0.15, 0.2) is 12.2 Å². The van der Waals surface area contributed by atoms with Gasteiger partial charge in [0.1, 0.15) is 0 Å². The van der Waals surface area contributed by atoms with Crippen molar-refractivity contribution in [2.75, 3.05) is 13.2 Å². The normalized spacial score (nSPS) is 12.5. The van der Waals surface area contributed by atoms with Crippen LogP contribution in [0.4, 0.5) is 0 Å². The minimum absolute atomic E-state index is 0.0239. The topological polar surface area (TPSA) is 95.9 Å². The Hall–Kier alpha value is -1.40. The number of aliphatic hydroxyl groups is 2. The molecule has 0 radical (unpaired) electrons. The Balaban J connectivity index is 3.32. The summed E-state index contributed by atoms with van der Waals surface area (Å²) in [5.74, 6) is -0.0354. The maximum atomic E-state index is 12.5. The maximum absolute atomic E-state index is 12.5. The first-order chi connectivity index (χ1) is 39.5. The number of unbranched alkanes of at least 4 members (excludes halogenated alkanes) is 59. The molecule has 3 N–H and O–H groups in total. The molecule has 0 aromatic carbocycles. The molecule has 2 atom stereocenters. The number of aliphatic hydroxyl groups excluding tert-OH is 2. The Kier molecular flexibility index (Phi) is 68.9. The van der Waals surface area contributed by atoms with E-state index in [1.54, 1.807) is 6.08 Å². The van der Waals surface area contributed by atoms with E-state index < -0.39 is 12.1 Å². The van der Waals surface area contributed by atoms with E-state index in [4.69, 9.17) is 4.74 Å². The van der Waals surface area contributed by atoms with E-state index in [9.17, 15) is 19.8 Å². The van der Waals surface area contributed by atoms with Gasteiger partial charge in [-0.1, -0.05) is 392 Å². The zero-order chi connectivity index (χ0) is 57.8. The van der Waals surface area contributed by atoms with Crippen molar-refractivity contribution in [2.24, 2.45) is 0 Å². The lowest BCUT2D eigenvalue weighted by Gasteiger charge is -2.20. The Morgan fingerprint density at radius 2 is 0.575 bits per heavy atom. The summed E-state index contributed by atoms with van der Waals surface area (Å²) in [7, 11) is 0. The largest absolute Gasteiger partial charge is 0.466 e. The average Bonchev–Trinajstić information content (AvgIpc) is 3.46. The van der Waals surface area contributed by atoms with Gasteiger partial charge in [-0.3, -0.25) is 9.59 Å². The SMILES string of the molecule is CCCCCCCCCCCCCCCCC/C=C/C(O)C(CO)NC(=O)CCCCCCCCCCCCCCCCCCCCCCCCCCCCCCCCCCCOC(=O)CCCCCCCCCCCCCCC. The highest BCUT2D eigenvalue weighted by molar-refractivity contribution is 5.76. The molecule has 0 aliphatic carbocycles. The Bertz CT molecular complexity index is 1210. The lowest BCUT2D eigenvalue weighted by molar-refractivity contribution is -0.143. The van der Waals surface area contributed by atoms with Gasteiger partial charge < -0.3 is 20.3 Å². The number of nitrogens with one attached hydrogen (secondary N) is 1. The van der Waals surface area contributed by atoms with E-state index >= 15 is 0 Å². The molecule has 0 saturated heterocycles. The molecular formula is C74H145NO5. The van der Waals surface area contributed by atoms with E-state index in [1.807, 2.05) is 6.08 Å². The van der Waals surface area contributed by atoms with Crippen LogP contribution in [-0.4, -0.2) is 47.4 Å². The smallest absolute Gasteiger partial charge is 0.305 e. The fourth-order valence-corrected chi connectivity index (χ4v) is 11.9. The lowest BCUT2D eigenvalue weighted by atomic mass is 10.0. The third-order valence-electron chi connectivity index (χ3n) is 17.6. The zero-order valence-corrected chi connectivity index (χ0v) is 54.6. The molecular weight excluding hydrogens is 983 g/mol. The summed E-state index contributed by atoms with van der Waals surface area (Å²) in [5, 5.41) is 23.2. The van der Waals surface area contributed by atoms with Crippen LogP contribution < -0.4 is 5.32 Å². The minimum atomic E-state index is -0.840. The molecule has 0 aliphatic rings. The molecule has 6 heteroatoms. The second-order valence-electron chi connectivity index (χ2n) is 25.6. The molecule has 0 aromatic heterocycles. The van der Waals surface area contributed by atoms with E-state index in [0.29, 0.717) is 19.4 Å². The summed E-state index contributed by atoms with van der Waals surface area (Å²) in [6.07, 6.45) is 87.4. The molecule has 0 saturated carbocycles. The van der Waals surface area contributed by atoms with Gasteiger partial charge in [-0.2, -0.15) is 0 Å². The first kappa shape index (κ1) is 78.6. The van der Waals surface area contributed by atoms with Gasteiger partial charge in [0.2, 0.25) is 5.91 Å². The van der Waals surface area contributed by atoms with Crippen molar-refractivity contribution in [2.45, 2.75) is 437 Å². The van der Waals surface area contributed by atoms with Crippen LogP contribution in [0.25, 0.3) is 0 Å². The molecule has 0 rings (SSSR count). The number of hydrogen-bond acceptors (Lipinski definition) is 5. The Labute approximate surface area is 501 Å². The number of amides is 1. The van der Waals surface area contributed by atoms with Gasteiger partial charge in [-0.15, -0.1) is 0 Å². The standard InChI is InChI=1S/C74H145NO5/c1-3-5-7-9-11-13-15-17-18-36-39-43-46-50-54-58-62-66-72(77)71(70-76)75-73(78)67-63-59-55-51-47-44-40-37-34-32-30-28-26-24-22-20-19-21-23-25-27-29-31-33-35-38-41-45-49-53-57-61-65-69-80-74(79)68-64-60-56-52-48-42-16-14-12-10-8-6-4-2/h62,66,71-72,76-77H,3-61,63-65,67-70H2,1-2H3,(H,75,78)/b66-62+. The number of allylic oxidation sites excluding steroid dienone is 1. The fourth-order valence-electron chi connectivity index (χ4n) is 11.9. The molecule has 476 valence electrons. The monoisotopic (exact) mass is 1130 g/mol. The minimum Gasteiger partial charge on any atom is -0.466 e. The van der Waals surface area contributed by atoms with Crippen LogP contribution >= 0.6 is 0 Å². The summed E-state index contributed by atoms with van der Waals surface area (Å²) in [6, 6.07) is -0.624. The molecule has 0 fully saturated rings. The fraction of sp³-hybridized carbons (Fsp3) is 0.946. The summed E-state index contributed by atoms with van der Waals surface area (Å²) in [5.41, 5.74) is 0. The Morgan fingerprint density at radius 3 is 0.850 bits per heavy atom. The van der Waals surface area contributed by atoms with E-state index in [0.717, 1.165) is 38.5 Å². The van der Waals surface area contributed by atoms with Gasteiger partial charge in [0.05, 0.1) is 25.4 Å². The second kappa shape index (κ2) is 70.1. The van der Waals surface area contributed by atoms with Crippen molar-refractivity contribution in [3.63, 3.8) is 0 Å². The quantitative estimate of drug-likeness (QED) is 0.0320. The first-order valence-electron chi connectivity index (χ1n) is 37.0. The predicted octanol–water partition coefficient (Wildman–Crippen LogP) is 23.9. The van der Waals surface area contributed by atoms with Gasteiger partial charge in [0, 0.05) is 12.8 Å². The van der Waals surface area contributed by atoms with Crippen LogP contribution in [0.1, 0.15) is 425 Å². The van der Waals surface area contributed by atoms with Crippen LogP contribution in [0, 0.1) is 0 Å². The van der Waals surface area contributed by atoms with Gasteiger partial charge in [0.15, 0.2) is 0 Å². The van der Waals surface area contributed by atoms with Crippen LogP contribution in [0.3, 0.4) is 0 Å². The van der Waals surface area contributed by atoms with Crippen LogP contribution in [-0.2, 0) is 14.3 Å². The van der Waals surface area contributed by atoms with E-state index in [1.165, 1.54) is 360 Å². The molecule has 0 aliphatic heterocycles. The van der Waals surface area contributed by atoms with E-state index in [-0.39, 0.29) is 18.5 Å². The number of hydrogen-bond donors (Lipinski definition) is 3. The van der Waals surface area contributed by atoms with Crippen molar-refractivity contribution in [3.8, 4) is 0 Å². The number of carbonyl (C=O) groups excluding carboxylic acids is 2. The van der Waals surface area contributed by atoms with Crippen molar-refractivity contribution < 1.29 is 24.5 Å². The van der Waals surface area contributed by atoms with Crippen LogP contribution in [0.2, 0.25) is 0 Å². The first-order valence-corrected chi connectivity index (χ1v) is 37.0. The highest BCUT2D eigenvalue weighted by Gasteiger charge is 2.18. The van der Waals surface area contributed by atoms with Gasteiger partial charge in [0.25, 0.3) is 0 Å².